The fourth-order valence-corrected chi connectivity index (χ4v) is 3.91. The van der Waals surface area contributed by atoms with Crippen LogP contribution in [0.3, 0.4) is 0 Å². The van der Waals surface area contributed by atoms with E-state index in [0.717, 1.165) is 29.3 Å². The number of nitrogens with zero attached hydrogens (tertiary/aromatic N) is 4. The van der Waals surface area contributed by atoms with Crippen molar-refractivity contribution in [2.75, 3.05) is 0 Å². The Hall–Kier alpha value is -3.84. The predicted octanol–water partition coefficient (Wildman–Crippen LogP) is 5.77. The van der Waals surface area contributed by atoms with Gasteiger partial charge in [0.1, 0.15) is 11.5 Å². The first-order valence-corrected chi connectivity index (χ1v) is 10.9. The molecule has 0 spiro atoms. The monoisotopic (exact) mass is 458 g/mol. The molecule has 1 aliphatic rings. The van der Waals surface area contributed by atoms with Crippen molar-refractivity contribution in [1.82, 2.24) is 19.5 Å². The number of halogens is 2. The van der Waals surface area contributed by atoms with Crippen molar-refractivity contribution < 1.29 is 8.81 Å². The van der Waals surface area contributed by atoms with Crippen LogP contribution in [-0.4, -0.2) is 19.5 Å². The lowest BCUT2D eigenvalue weighted by molar-refractivity contribution is 0.583. The van der Waals surface area contributed by atoms with Gasteiger partial charge in [0.15, 0.2) is 11.6 Å². The fourth-order valence-electron chi connectivity index (χ4n) is 3.79. The highest BCUT2D eigenvalue weighted by atomic mass is 35.5. The number of fused-ring (bicyclic) bond motifs is 1. The van der Waals surface area contributed by atoms with Crippen molar-refractivity contribution in [3.05, 3.63) is 94.0 Å². The van der Waals surface area contributed by atoms with E-state index in [1.54, 1.807) is 18.5 Å². The molecular formula is C25H16ClFN4O2. The highest BCUT2D eigenvalue weighted by Gasteiger charge is 2.27. The van der Waals surface area contributed by atoms with Gasteiger partial charge in [-0.2, -0.15) is 9.97 Å². The molecule has 8 heteroatoms. The molecular weight excluding hydrogens is 443 g/mol. The Morgan fingerprint density at radius 2 is 1.85 bits per heavy atom. The Labute approximate surface area is 192 Å². The average Bonchev–Trinajstić information content (AvgIpc) is 3.59. The molecule has 3 aromatic heterocycles. The van der Waals surface area contributed by atoms with Crippen molar-refractivity contribution in [1.29, 1.82) is 0 Å². The van der Waals surface area contributed by atoms with Crippen LogP contribution in [0.5, 0.6) is 0 Å². The Morgan fingerprint density at radius 3 is 2.61 bits per heavy atom. The van der Waals surface area contributed by atoms with Gasteiger partial charge in [0.25, 0.3) is 0 Å². The summed E-state index contributed by atoms with van der Waals surface area (Å²) in [6.07, 6.45) is 5.43. The molecule has 1 saturated carbocycles. The number of aromatic nitrogens is 4. The topological polar surface area (TPSA) is 73.8 Å². The molecule has 0 bridgehead atoms. The smallest absolute Gasteiger partial charge is 0.353 e. The minimum absolute atomic E-state index is 0.0103. The van der Waals surface area contributed by atoms with Crippen LogP contribution in [0.25, 0.3) is 39.5 Å². The molecule has 162 valence electrons. The third kappa shape index (κ3) is 3.60. The molecule has 0 saturated heterocycles. The van der Waals surface area contributed by atoms with Gasteiger partial charge < -0.3 is 4.42 Å². The number of oxazole rings is 1. The van der Waals surface area contributed by atoms with Gasteiger partial charge in [0, 0.05) is 29.3 Å². The fraction of sp³-hybridized carbons (Fsp3) is 0.120. The van der Waals surface area contributed by atoms with Crippen LogP contribution in [0.15, 0.2) is 76.2 Å². The largest absolute Gasteiger partial charge is 0.432 e. The van der Waals surface area contributed by atoms with E-state index in [0.29, 0.717) is 17.2 Å². The van der Waals surface area contributed by atoms with E-state index in [9.17, 15) is 9.18 Å². The van der Waals surface area contributed by atoms with Crippen LogP contribution >= 0.6 is 11.6 Å². The lowest BCUT2D eigenvalue weighted by atomic mass is 10.1. The normalized spacial score (nSPS) is 13.5. The zero-order valence-electron chi connectivity index (χ0n) is 17.2. The van der Waals surface area contributed by atoms with Gasteiger partial charge in [-0.1, -0.05) is 35.9 Å². The molecule has 0 unspecified atom stereocenters. The lowest BCUT2D eigenvalue weighted by Crippen LogP contribution is -2.22. The Kier molecular flexibility index (Phi) is 4.58. The Morgan fingerprint density at radius 1 is 1.03 bits per heavy atom. The summed E-state index contributed by atoms with van der Waals surface area (Å²) in [7, 11) is 0. The van der Waals surface area contributed by atoms with Crippen LogP contribution in [0.1, 0.15) is 24.5 Å². The summed E-state index contributed by atoms with van der Waals surface area (Å²) in [6.45, 7) is 0. The Bertz CT molecular complexity index is 1590. The number of pyridine rings is 1. The molecule has 6 rings (SSSR count). The van der Waals surface area contributed by atoms with Crippen LogP contribution < -0.4 is 5.69 Å². The molecule has 1 aliphatic carbocycles. The molecule has 1 fully saturated rings. The predicted molar refractivity (Wildman–Crippen MR) is 123 cm³/mol. The number of rotatable bonds is 4. The second kappa shape index (κ2) is 7.64. The van der Waals surface area contributed by atoms with Crippen LogP contribution in [0.2, 0.25) is 5.02 Å². The zero-order valence-corrected chi connectivity index (χ0v) is 18.0. The van der Waals surface area contributed by atoms with E-state index in [4.69, 9.17) is 16.0 Å². The highest BCUT2D eigenvalue weighted by molar-refractivity contribution is 6.30. The zero-order chi connectivity index (χ0) is 22.5. The summed E-state index contributed by atoms with van der Waals surface area (Å²) in [4.78, 5) is 26.1. The highest BCUT2D eigenvalue weighted by Crippen LogP contribution is 2.38. The summed E-state index contributed by atoms with van der Waals surface area (Å²) >= 11 is 5.86. The van der Waals surface area contributed by atoms with Crippen molar-refractivity contribution in [2.24, 2.45) is 0 Å². The van der Waals surface area contributed by atoms with Crippen molar-refractivity contribution in [3.63, 3.8) is 0 Å². The number of hydrogen-bond donors (Lipinski definition) is 0. The molecule has 2 aromatic carbocycles. The van der Waals surface area contributed by atoms with E-state index in [1.807, 2.05) is 36.4 Å². The van der Waals surface area contributed by atoms with E-state index < -0.39 is 11.5 Å². The van der Waals surface area contributed by atoms with Gasteiger partial charge in [-0.25, -0.2) is 13.8 Å². The lowest BCUT2D eigenvalue weighted by Gasteiger charge is -2.05. The summed E-state index contributed by atoms with van der Waals surface area (Å²) in [6, 6.07) is 15.8. The third-order valence-corrected chi connectivity index (χ3v) is 6.00. The number of hydrogen-bond acceptors (Lipinski definition) is 5. The summed E-state index contributed by atoms with van der Waals surface area (Å²) in [5.41, 5.74) is 1.19. The van der Waals surface area contributed by atoms with E-state index in [-0.39, 0.29) is 22.5 Å². The maximum atomic E-state index is 14.2. The van der Waals surface area contributed by atoms with Crippen molar-refractivity contribution >= 4 is 22.4 Å². The van der Waals surface area contributed by atoms with Gasteiger partial charge in [-0.05, 0) is 48.6 Å². The van der Waals surface area contributed by atoms with Gasteiger partial charge in [0.05, 0.1) is 10.7 Å². The van der Waals surface area contributed by atoms with Gasteiger partial charge in [0.2, 0.25) is 5.89 Å². The van der Waals surface area contributed by atoms with E-state index >= 15 is 0 Å². The molecule has 0 N–H and O–H groups in total. The van der Waals surface area contributed by atoms with Gasteiger partial charge in [-0.3, -0.25) is 4.98 Å². The first-order valence-electron chi connectivity index (χ1n) is 10.5. The maximum absolute atomic E-state index is 14.2. The van der Waals surface area contributed by atoms with Crippen molar-refractivity contribution in [2.45, 2.75) is 18.8 Å². The third-order valence-electron chi connectivity index (χ3n) is 5.69. The molecule has 0 aliphatic heterocycles. The molecule has 0 radical (unpaired) electrons. The summed E-state index contributed by atoms with van der Waals surface area (Å²) in [5.74, 6) is 0.378. The molecule has 6 nitrogen and oxygen atoms in total. The van der Waals surface area contributed by atoms with Crippen molar-refractivity contribution in [3.8, 4) is 28.7 Å². The van der Waals surface area contributed by atoms with Crippen LogP contribution in [0, 0.1) is 5.82 Å². The maximum Gasteiger partial charge on any atom is 0.353 e. The quantitative estimate of drug-likeness (QED) is 0.341. The summed E-state index contributed by atoms with van der Waals surface area (Å²) < 4.78 is 21.6. The second-order valence-corrected chi connectivity index (χ2v) is 8.40. The van der Waals surface area contributed by atoms with Gasteiger partial charge in [-0.15, -0.1) is 0 Å². The van der Waals surface area contributed by atoms with E-state index in [1.165, 1.54) is 16.7 Å². The van der Waals surface area contributed by atoms with E-state index in [2.05, 4.69) is 15.0 Å². The average molecular weight is 459 g/mol. The standard InChI is InChI=1S/C25H16ClFN4O2/c26-18-8-7-16(11-19(18)27)22-23(31-10-9-20(14-5-6-14)29-25(31)32)30-24(33-22)21-12-15-3-1-2-4-17(15)13-28-21/h1-4,7-14H,5-6H2. The van der Waals surface area contributed by atoms with Crippen LogP contribution in [-0.2, 0) is 0 Å². The molecule has 0 amide bonds. The molecule has 0 atom stereocenters. The second-order valence-electron chi connectivity index (χ2n) is 8.00. The molecule has 33 heavy (non-hydrogen) atoms. The molecule has 3 heterocycles. The van der Waals surface area contributed by atoms with Gasteiger partial charge >= 0.3 is 5.69 Å². The Balaban J connectivity index is 1.54. The summed E-state index contributed by atoms with van der Waals surface area (Å²) in [5, 5.41) is 1.93. The molecule has 5 aromatic rings. The first-order chi connectivity index (χ1) is 16.1. The number of benzene rings is 2. The SMILES string of the molecule is O=c1nc(C2CC2)ccn1-c1nc(-c2cc3ccccc3cn2)oc1-c1ccc(Cl)c(F)c1. The first kappa shape index (κ1) is 19.8. The minimum Gasteiger partial charge on any atom is -0.432 e. The minimum atomic E-state index is -0.601. The van der Waals surface area contributed by atoms with Crippen LogP contribution in [0.4, 0.5) is 4.39 Å².